The lowest BCUT2D eigenvalue weighted by molar-refractivity contribution is 0.0268. The number of guanidine groups is 1. The van der Waals surface area contributed by atoms with Gasteiger partial charge in [-0.25, -0.2) is 0 Å². The van der Waals surface area contributed by atoms with Gasteiger partial charge in [0.2, 0.25) is 0 Å². The molecule has 0 spiro atoms. The first kappa shape index (κ1) is 22.9. The van der Waals surface area contributed by atoms with Gasteiger partial charge in [-0.2, -0.15) is 0 Å². The molecule has 1 rings (SSSR count). The lowest BCUT2D eigenvalue weighted by Crippen LogP contribution is -2.45. The summed E-state index contributed by atoms with van der Waals surface area (Å²) < 4.78 is 5.40. The van der Waals surface area contributed by atoms with Crippen molar-refractivity contribution >= 4 is 29.9 Å². The summed E-state index contributed by atoms with van der Waals surface area (Å²) in [5, 5.41) is 6.69. The summed E-state index contributed by atoms with van der Waals surface area (Å²) >= 11 is 0. The number of hydrogen-bond acceptors (Lipinski definition) is 3. The molecule has 2 N–H and O–H groups in total. The molecule has 1 aliphatic carbocycles. The first-order valence-corrected chi connectivity index (χ1v) is 8.68. The van der Waals surface area contributed by atoms with Gasteiger partial charge in [-0.3, -0.25) is 4.99 Å². The van der Waals surface area contributed by atoms with Gasteiger partial charge in [0.05, 0.1) is 5.60 Å². The minimum Gasteiger partial charge on any atom is -0.377 e. The number of aliphatic imine (C=N–C) groups is 1. The van der Waals surface area contributed by atoms with Crippen molar-refractivity contribution in [3.63, 3.8) is 0 Å². The zero-order valence-corrected chi connectivity index (χ0v) is 18.0. The first-order chi connectivity index (χ1) is 10.5. The van der Waals surface area contributed by atoms with Crippen molar-refractivity contribution in [1.82, 2.24) is 15.5 Å². The van der Waals surface area contributed by atoms with Gasteiger partial charge in [-0.1, -0.05) is 19.3 Å². The van der Waals surface area contributed by atoms with Gasteiger partial charge in [0.25, 0.3) is 0 Å². The molecule has 0 aromatic carbocycles. The Hall–Kier alpha value is -0.0800. The maximum atomic E-state index is 5.40. The third-order valence-electron chi connectivity index (χ3n) is 4.64. The van der Waals surface area contributed by atoms with E-state index in [4.69, 9.17) is 4.74 Å². The smallest absolute Gasteiger partial charge is 0.191 e. The Morgan fingerprint density at radius 2 is 1.87 bits per heavy atom. The molecule has 0 atom stereocenters. The summed E-state index contributed by atoms with van der Waals surface area (Å²) in [5.41, 5.74) is -0.182. The highest BCUT2D eigenvalue weighted by Crippen LogP contribution is 2.21. The van der Waals surface area contributed by atoms with Crippen LogP contribution in [0.5, 0.6) is 0 Å². The maximum absolute atomic E-state index is 5.40. The standard InChI is InChI=1S/C17H36N4O.HI/c1-17(2,22-5)14-20-16(18-3)19-12-9-13-21(4)15-10-7-6-8-11-15;/h15H,6-14H2,1-5H3,(H2,18,19,20);1H. The van der Waals surface area contributed by atoms with Crippen LogP contribution in [0.3, 0.4) is 0 Å². The molecule has 1 fully saturated rings. The molecule has 1 aliphatic rings. The van der Waals surface area contributed by atoms with Crippen LogP contribution in [0.1, 0.15) is 52.4 Å². The number of methoxy groups -OCH3 is 1. The third-order valence-corrected chi connectivity index (χ3v) is 4.64. The third kappa shape index (κ3) is 9.72. The van der Waals surface area contributed by atoms with Crippen LogP contribution in [0.4, 0.5) is 0 Å². The van der Waals surface area contributed by atoms with Crippen LogP contribution >= 0.6 is 24.0 Å². The summed E-state index contributed by atoms with van der Waals surface area (Å²) in [4.78, 5) is 6.79. The van der Waals surface area contributed by atoms with E-state index < -0.39 is 0 Å². The van der Waals surface area contributed by atoms with Gasteiger partial charge in [0, 0.05) is 33.3 Å². The molecular formula is C17H37IN4O. The molecule has 23 heavy (non-hydrogen) atoms. The van der Waals surface area contributed by atoms with E-state index in [2.05, 4.69) is 41.4 Å². The Labute approximate surface area is 160 Å². The van der Waals surface area contributed by atoms with Gasteiger partial charge in [-0.05, 0) is 46.7 Å². The van der Waals surface area contributed by atoms with Crippen LogP contribution in [0.2, 0.25) is 0 Å². The normalized spacial score (nSPS) is 17.0. The Morgan fingerprint density at radius 1 is 1.22 bits per heavy atom. The second-order valence-electron chi connectivity index (χ2n) is 6.94. The maximum Gasteiger partial charge on any atom is 0.191 e. The van der Waals surface area contributed by atoms with E-state index in [-0.39, 0.29) is 29.6 Å². The fourth-order valence-corrected chi connectivity index (χ4v) is 2.83. The highest BCUT2D eigenvalue weighted by Gasteiger charge is 2.18. The summed E-state index contributed by atoms with van der Waals surface area (Å²) in [6.45, 7) is 6.96. The molecule has 0 aromatic heterocycles. The Balaban J connectivity index is 0.00000484. The van der Waals surface area contributed by atoms with E-state index in [1.807, 2.05) is 7.05 Å². The zero-order chi connectivity index (χ0) is 16.4. The van der Waals surface area contributed by atoms with E-state index in [0.29, 0.717) is 0 Å². The molecule has 1 saturated carbocycles. The molecule has 138 valence electrons. The van der Waals surface area contributed by atoms with Crippen LogP contribution in [0, 0.1) is 0 Å². The van der Waals surface area contributed by atoms with Crippen molar-refractivity contribution in [1.29, 1.82) is 0 Å². The lowest BCUT2D eigenvalue weighted by atomic mass is 9.94. The fourth-order valence-electron chi connectivity index (χ4n) is 2.83. The molecule has 0 bridgehead atoms. The van der Waals surface area contributed by atoms with E-state index >= 15 is 0 Å². The summed E-state index contributed by atoms with van der Waals surface area (Å²) in [7, 11) is 5.81. The molecule has 0 heterocycles. The van der Waals surface area contributed by atoms with Crippen molar-refractivity contribution in [2.75, 3.05) is 40.8 Å². The highest BCUT2D eigenvalue weighted by molar-refractivity contribution is 14.0. The number of nitrogens with zero attached hydrogens (tertiary/aromatic N) is 2. The predicted molar refractivity (Wildman–Crippen MR) is 110 cm³/mol. The molecule has 6 heteroatoms. The van der Waals surface area contributed by atoms with E-state index in [1.165, 1.54) is 32.1 Å². The van der Waals surface area contributed by atoms with Crippen molar-refractivity contribution in [2.24, 2.45) is 4.99 Å². The molecule has 5 nitrogen and oxygen atoms in total. The minimum absolute atomic E-state index is 0. The van der Waals surface area contributed by atoms with E-state index in [0.717, 1.165) is 38.1 Å². The average molecular weight is 440 g/mol. The molecule has 0 radical (unpaired) electrons. The first-order valence-electron chi connectivity index (χ1n) is 8.68. The fraction of sp³-hybridized carbons (Fsp3) is 0.941. The van der Waals surface area contributed by atoms with Crippen LogP contribution < -0.4 is 10.6 Å². The Bertz CT molecular complexity index is 331. The van der Waals surface area contributed by atoms with Gasteiger partial charge in [0.1, 0.15) is 0 Å². The predicted octanol–water partition coefficient (Wildman–Crippen LogP) is 2.85. The summed E-state index contributed by atoms with van der Waals surface area (Å²) in [5.74, 6) is 0.852. The second kappa shape index (κ2) is 12.3. The van der Waals surface area contributed by atoms with Gasteiger partial charge < -0.3 is 20.3 Å². The molecular weight excluding hydrogens is 403 g/mol. The number of ether oxygens (including phenoxy) is 1. The van der Waals surface area contributed by atoms with Crippen LogP contribution in [0.25, 0.3) is 0 Å². The molecule has 0 unspecified atom stereocenters. The molecule has 0 amide bonds. The number of nitrogens with one attached hydrogen (secondary N) is 2. The van der Waals surface area contributed by atoms with Crippen molar-refractivity contribution in [3.05, 3.63) is 0 Å². The SMILES string of the molecule is CN=C(NCCCN(C)C1CCCCC1)NCC(C)(C)OC.I. The molecule has 0 aromatic rings. The Kier molecular flexibility index (Phi) is 12.3. The van der Waals surface area contributed by atoms with E-state index in [1.54, 1.807) is 7.11 Å². The van der Waals surface area contributed by atoms with Crippen LogP contribution in [-0.2, 0) is 4.74 Å². The van der Waals surface area contributed by atoms with E-state index in [9.17, 15) is 0 Å². The van der Waals surface area contributed by atoms with Crippen molar-refractivity contribution in [3.8, 4) is 0 Å². The van der Waals surface area contributed by atoms with Gasteiger partial charge in [0.15, 0.2) is 5.96 Å². The van der Waals surface area contributed by atoms with Crippen LogP contribution in [-0.4, -0.2) is 63.3 Å². The number of rotatable bonds is 8. The largest absolute Gasteiger partial charge is 0.377 e. The Morgan fingerprint density at radius 3 is 2.43 bits per heavy atom. The van der Waals surface area contributed by atoms with Gasteiger partial charge in [-0.15, -0.1) is 24.0 Å². The monoisotopic (exact) mass is 440 g/mol. The minimum atomic E-state index is -0.182. The topological polar surface area (TPSA) is 48.9 Å². The lowest BCUT2D eigenvalue weighted by Gasteiger charge is -2.31. The summed E-state index contributed by atoms with van der Waals surface area (Å²) in [6, 6.07) is 0.800. The van der Waals surface area contributed by atoms with Crippen molar-refractivity contribution in [2.45, 2.75) is 64.0 Å². The van der Waals surface area contributed by atoms with Crippen LogP contribution in [0.15, 0.2) is 4.99 Å². The zero-order valence-electron chi connectivity index (χ0n) is 15.7. The molecule has 0 saturated heterocycles. The second-order valence-corrected chi connectivity index (χ2v) is 6.94. The van der Waals surface area contributed by atoms with Crippen molar-refractivity contribution < 1.29 is 4.74 Å². The van der Waals surface area contributed by atoms with Gasteiger partial charge >= 0.3 is 0 Å². The number of hydrogen-bond donors (Lipinski definition) is 2. The average Bonchev–Trinajstić information content (AvgIpc) is 2.54. The quantitative estimate of drug-likeness (QED) is 0.264. The highest BCUT2D eigenvalue weighted by atomic mass is 127. The summed E-state index contributed by atoms with van der Waals surface area (Å²) in [6.07, 6.45) is 8.11. The number of halogens is 1. The molecule has 0 aliphatic heterocycles.